The monoisotopic (exact) mass is 532 g/mol. The van der Waals surface area contributed by atoms with Crippen molar-refractivity contribution >= 4 is 39.5 Å². The average Bonchev–Trinajstić information content (AvgIpc) is 3.23. The van der Waals surface area contributed by atoms with Gasteiger partial charge in [-0.1, -0.05) is 45.8 Å². The molecule has 1 atom stereocenters. The molecule has 0 aliphatic carbocycles. The number of rotatable bonds is 5. The van der Waals surface area contributed by atoms with E-state index in [1.807, 2.05) is 35.8 Å². The number of nitrogens with one attached hydrogen (secondary N) is 1. The maximum atomic E-state index is 13.6. The molecule has 5 rings (SSSR count). The number of carbonyl (C=O) groups is 1. The molecule has 0 saturated carbocycles. The van der Waals surface area contributed by atoms with Gasteiger partial charge < -0.3 is 15.3 Å². The van der Waals surface area contributed by atoms with Gasteiger partial charge in [0.25, 0.3) is 5.91 Å². The standard InChI is InChI=1S/C27H22BrFN4O2/c1-17-2-12-22(13-3-17)30-26-24(18-6-10-21(29)11-7-18)31-23-16-32(14-15-33(23)26)27(35)25(34)19-4-8-20(28)9-5-19/h2-15,25,30,34H,16H2,1H3. The highest BCUT2D eigenvalue weighted by Gasteiger charge is 2.28. The molecule has 6 nitrogen and oxygen atoms in total. The maximum absolute atomic E-state index is 13.6. The number of carbonyl (C=O) groups excluding carboxylic acids is 1. The lowest BCUT2D eigenvalue weighted by Gasteiger charge is -2.25. The Balaban J connectivity index is 1.48. The molecule has 35 heavy (non-hydrogen) atoms. The Bertz CT molecular complexity index is 1400. The van der Waals surface area contributed by atoms with Crippen LogP contribution in [0.1, 0.15) is 23.1 Å². The van der Waals surface area contributed by atoms with Gasteiger partial charge in [0.2, 0.25) is 0 Å². The highest BCUT2D eigenvalue weighted by atomic mass is 79.9. The molecule has 4 aromatic rings. The first-order valence-corrected chi connectivity index (χ1v) is 11.8. The van der Waals surface area contributed by atoms with Crippen molar-refractivity contribution in [1.82, 2.24) is 14.5 Å². The molecule has 3 aromatic carbocycles. The fourth-order valence-corrected chi connectivity index (χ4v) is 4.17. The molecule has 0 radical (unpaired) electrons. The van der Waals surface area contributed by atoms with Crippen LogP contribution in [-0.2, 0) is 11.3 Å². The average molecular weight is 533 g/mol. The first-order chi connectivity index (χ1) is 16.9. The second kappa shape index (κ2) is 9.48. The van der Waals surface area contributed by atoms with Gasteiger partial charge in [0, 0.05) is 28.1 Å². The van der Waals surface area contributed by atoms with Gasteiger partial charge in [0.05, 0.1) is 6.54 Å². The normalized spacial score (nSPS) is 13.4. The van der Waals surface area contributed by atoms with E-state index in [-0.39, 0.29) is 12.4 Å². The summed E-state index contributed by atoms with van der Waals surface area (Å²) in [6.45, 7) is 2.19. The van der Waals surface area contributed by atoms with Crippen LogP contribution in [0.5, 0.6) is 0 Å². The van der Waals surface area contributed by atoms with E-state index < -0.39 is 12.0 Å². The summed E-state index contributed by atoms with van der Waals surface area (Å²) in [6.07, 6.45) is 2.08. The van der Waals surface area contributed by atoms with E-state index in [1.165, 1.54) is 17.0 Å². The van der Waals surface area contributed by atoms with Crippen LogP contribution in [-0.4, -0.2) is 25.5 Å². The first kappa shape index (κ1) is 23.0. The van der Waals surface area contributed by atoms with E-state index in [9.17, 15) is 14.3 Å². The third-order valence-electron chi connectivity index (χ3n) is 5.83. The molecule has 8 heteroatoms. The number of hydrogen-bond donors (Lipinski definition) is 2. The Morgan fingerprint density at radius 2 is 1.71 bits per heavy atom. The van der Waals surface area contributed by atoms with Crippen LogP contribution in [0.3, 0.4) is 0 Å². The van der Waals surface area contributed by atoms with Crippen molar-refractivity contribution in [3.63, 3.8) is 0 Å². The first-order valence-electron chi connectivity index (χ1n) is 11.0. The van der Waals surface area contributed by atoms with Crippen LogP contribution in [0.2, 0.25) is 0 Å². The summed E-state index contributed by atoms with van der Waals surface area (Å²) in [5, 5.41) is 14.1. The second-order valence-electron chi connectivity index (χ2n) is 8.31. The SMILES string of the molecule is Cc1ccc(Nc2c(-c3ccc(F)cc3)nc3n2C=CN(C(=O)C(O)c2ccc(Br)cc2)C3)cc1. The van der Waals surface area contributed by atoms with Gasteiger partial charge in [-0.15, -0.1) is 0 Å². The van der Waals surface area contributed by atoms with Crippen LogP contribution >= 0.6 is 15.9 Å². The number of aliphatic hydroxyl groups is 1. The number of amides is 1. The maximum Gasteiger partial charge on any atom is 0.260 e. The van der Waals surface area contributed by atoms with Crippen molar-refractivity contribution in [2.24, 2.45) is 0 Å². The molecule has 0 fully saturated rings. The smallest absolute Gasteiger partial charge is 0.260 e. The van der Waals surface area contributed by atoms with Crippen molar-refractivity contribution in [3.8, 4) is 11.3 Å². The van der Waals surface area contributed by atoms with Crippen molar-refractivity contribution < 1.29 is 14.3 Å². The number of aryl methyl sites for hydroxylation is 1. The number of halogens is 2. The zero-order valence-corrected chi connectivity index (χ0v) is 20.4. The van der Waals surface area contributed by atoms with Gasteiger partial charge in [-0.05, 0) is 61.0 Å². The predicted molar refractivity (Wildman–Crippen MR) is 137 cm³/mol. The van der Waals surface area contributed by atoms with Gasteiger partial charge >= 0.3 is 0 Å². The molecule has 0 bridgehead atoms. The third-order valence-corrected chi connectivity index (χ3v) is 6.35. The van der Waals surface area contributed by atoms with Crippen molar-refractivity contribution in [2.45, 2.75) is 19.6 Å². The third kappa shape index (κ3) is 4.76. The van der Waals surface area contributed by atoms with E-state index in [0.29, 0.717) is 22.9 Å². The van der Waals surface area contributed by atoms with Crippen molar-refractivity contribution in [3.05, 3.63) is 106 Å². The Morgan fingerprint density at radius 3 is 2.40 bits per heavy atom. The molecule has 1 unspecified atom stereocenters. The number of aliphatic hydroxyl groups excluding tert-OH is 1. The lowest BCUT2D eigenvalue weighted by Crippen LogP contribution is -2.33. The molecule has 176 valence electrons. The quantitative estimate of drug-likeness (QED) is 0.330. The molecule has 0 saturated heterocycles. The number of hydrogen-bond acceptors (Lipinski definition) is 4. The van der Waals surface area contributed by atoms with Crippen LogP contribution in [0.25, 0.3) is 17.5 Å². The van der Waals surface area contributed by atoms with Gasteiger partial charge in [-0.2, -0.15) is 0 Å². The Labute approximate surface area is 210 Å². The zero-order chi connectivity index (χ0) is 24.5. The number of imidazole rings is 1. The molecule has 0 spiro atoms. The van der Waals surface area contributed by atoms with E-state index >= 15 is 0 Å². The summed E-state index contributed by atoms with van der Waals surface area (Å²) >= 11 is 3.36. The summed E-state index contributed by atoms with van der Waals surface area (Å²) in [4.78, 5) is 19.3. The topological polar surface area (TPSA) is 70.4 Å². The highest BCUT2D eigenvalue weighted by Crippen LogP contribution is 2.34. The summed E-state index contributed by atoms with van der Waals surface area (Å²) < 4.78 is 16.3. The number of benzene rings is 3. The summed E-state index contributed by atoms with van der Waals surface area (Å²) in [7, 11) is 0. The van der Waals surface area contributed by atoms with Gasteiger partial charge in [0.15, 0.2) is 6.10 Å². The van der Waals surface area contributed by atoms with E-state index in [2.05, 4.69) is 21.2 Å². The van der Waals surface area contributed by atoms with E-state index in [1.54, 1.807) is 48.8 Å². The molecular weight excluding hydrogens is 511 g/mol. The molecule has 1 aromatic heterocycles. The lowest BCUT2D eigenvalue weighted by molar-refractivity contribution is -0.138. The highest BCUT2D eigenvalue weighted by molar-refractivity contribution is 9.10. The number of nitrogens with zero attached hydrogens (tertiary/aromatic N) is 3. The van der Waals surface area contributed by atoms with Gasteiger partial charge in [-0.25, -0.2) is 9.37 Å². The molecule has 2 heterocycles. The Hall–Kier alpha value is -3.75. The van der Waals surface area contributed by atoms with Crippen LogP contribution in [0.4, 0.5) is 15.9 Å². The Kier molecular flexibility index (Phi) is 6.23. The van der Waals surface area contributed by atoms with Crippen molar-refractivity contribution in [1.29, 1.82) is 0 Å². The summed E-state index contributed by atoms with van der Waals surface area (Å²) in [6, 6.07) is 21.1. The van der Waals surface area contributed by atoms with E-state index in [4.69, 9.17) is 4.98 Å². The molecule has 1 aliphatic rings. The molecule has 2 N–H and O–H groups in total. The number of aromatic nitrogens is 2. The fraction of sp³-hybridized carbons (Fsp3) is 0.111. The summed E-state index contributed by atoms with van der Waals surface area (Å²) in [5.41, 5.74) is 3.90. The van der Waals surface area contributed by atoms with Crippen LogP contribution in [0.15, 0.2) is 83.5 Å². The van der Waals surface area contributed by atoms with Crippen molar-refractivity contribution in [2.75, 3.05) is 5.32 Å². The van der Waals surface area contributed by atoms with Crippen LogP contribution < -0.4 is 5.32 Å². The molecular formula is C27H22BrFN4O2. The van der Waals surface area contributed by atoms with Gasteiger partial charge in [0.1, 0.15) is 23.2 Å². The van der Waals surface area contributed by atoms with E-state index in [0.717, 1.165) is 21.3 Å². The molecule has 1 amide bonds. The van der Waals surface area contributed by atoms with Gasteiger partial charge in [-0.3, -0.25) is 9.36 Å². The minimum absolute atomic E-state index is 0.173. The summed E-state index contributed by atoms with van der Waals surface area (Å²) in [5.74, 6) is 0.531. The van der Waals surface area contributed by atoms with Crippen LogP contribution in [0, 0.1) is 12.7 Å². The lowest BCUT2D eigenvalue weighted by atomic mass is 10.1. The molecule has 1 aliphatic heterocycles. The largest absolute Gasteiger partial charge is 0.378 e. The minimum Gasteiger partial charge on any atom is -0.378 e. The fourth-order valence-electron chi connectivity index (χ4n) is 3.90. The number of anilines is 2. The Morgan fingerprint density at radius 1 is 1.03 bits per heavy atom. The minimum atomic E-state index is -1.30. The number of fused-ring (bicyclic) bond motifs is 1. The second-order valence-corrected chi connectivity index (χ2v) is 9.23. The zero-order valence-electron chi connectivity index (χ0n) is 18.8. The predicted octanol–water partition coefficient (Wildman–Crippen LogP) is 6.01.